The van der Waals surface area contributed by atoms with Gasteiger partial charge in [-0.15, -0.1) is 0 Å². The van der Waals surface area contributed by atoms with Crippen LogP contribution in [0.25, 0.3) is 0 Å². The lowest BCUT2D eigenvalue weighted by Gasteiger charge is -2.20. The van der Waals surface area contributed by atoms with Crippen molar-refractivity contribution in [3.05, 3.63) is 65.2 Å². The minimum atomic E-state index is -1.06. The van der Waals surface area contributed by atoms with Gasteiger partial charge in [0.1, 0.15) is 6.04 Å². The molecule has 6 heteroatoms. The molecule has 0 spiro atoms. The highest BCUT2D eigenvalue weighted by atomic mass is 16.4. The molecule has 0 fully saturated rings. The molecular weight excluding hydrogens is 344 g/mol. The molecular formula is C21H24N2O4. The molecule has 0 aliphatic rings. The van der Waals surface area contributed by atoms with E-state index in [9.17, 15) is 19.5 Å². The molecule has 0 bridgehead atoms. The highest BCUT2D eigenvalue weighted by Gasteiger charge is 2.23. The molecule has 2 amide bonds. The van der Waals surface area contributed by atoms with E-state index < -0.39 is 17.9 Å². The van der Waals surface area contributed by atoms with Crippen LogP contribution in [0.3, 0.4) is 0 Å². The van der Waals surface area contributed by atoms with Crippen LogP contribution in [0.15, 0.2) is 48.5 Å². The average molecular weight is 368 g/mol. The monoisotopic (exact) mass is 368 g/mol. The van der Waals surface area contributed by atoms with E-state index in [0.29, 0.717) is 23.2 Å². The number of amides is 2. The van der Waals surface area contributed by atoms with Gasteiger partial charge in [-0.25, -0.2) is 4.79 Å². The van der Waals surface area contributed by atoms with E-state index in [1.54, 1.807) is 43.3 Å². The zero-order chi connectivity index (χ0) is 20.0. The molecule has 3 N–H and O–H groups in total. The molecule has 1 atom stereocenters. The topological polar surface area (TPSA) is 95.5 Å². The van der Waals surface area contributed by atoms with Gasteiger partial charge in [-0.2, -0.15) is 0 Å². The molecule has 0 saturated carbocycles. The SMILES string of the molecule is Cc1ccc(NC(=O)C(NC(=O)CC(C)C)c2ccccc2)cc1C(=O)O. The molecule has 0 saturated heterocycles. The maximum atomic E-state index is 12.8. The van der Waals surface area contributed by atoms with Gasteiger partial charge in [-0.1, -0.05) is 50.2 Å². The summed E-state index contributed by atoms with van der Waals surface area (Å²) >= 11 is 0. The number of anilines is 1. The van der Waals surface area contributed by atoms with Crippen LogP contribution in [0.2, 0.25) is 0 Å². The average Bonchev–Trinajstić information content (AvgIpc) is 2.61. The van der Waals surface area contributed by atoms with Crippen molar-refractivity contribution in [1.29, 1.82) is 0 Å². The Morgan fingerprint density at radius 3 is 2.30 bits per heavy atom. The van der Waals surface area contributed by atoms with Crippen molar-refractivity contribution >= 4 is 23.5 Å². The number of hydrogen-bond donors (Lipinski definition) is 3. The van der Waals surface area contributed by atoms with Crippen LogP contribution in [-0.4, -0.2) is 22.9 Å². The van der Waals surface area contributed by atoms with Crippen molar-refractivity contribution < 1.29 is 19.5 Å². The Morgan fingerprint density at radius 1 is 1.04 bits per heavy atom. The van der Waals surface area contributed by atoms with Gasteiger partial charge >= 0.3 is 5.97 Å². The van der Waals surface area contributed by atoms with Crippen LogP contribution in [0.5, 0.6) is 0 Å². The predicted molar refractivity (Wildman–Crippen MR) is 104 cm³/mol. The fraction of sp³-hybridized carbons (Fsp3) is 0.286. The van der Waals surface area contributed by atoms with Gasteiger partial charge in [0, 0.05) is 12.1 Å². The first-order valence-electron chi connectivity index (χ1n) is 8.77. The second-order valence-corrected chi connectivity index (χ2v) is 6.83. The van der Waals surface area contributed by atoms with E-state index in [1.807, 2.05) is 19.9 Å². The van der Waals surface area contributed by atoms with Gasteiger partial charge < -0.3 is 15.7 Å². The summed E-state index contributed by atoms with van der Waals surface area (Å²) in [5.41, 5.74) is 1.73. The van der Waals surface area contributed by atoms with Crippen LogP contribution in [0, 0.1) is 12.8 Å². The van der Waals surface area contributed by atoms with Gasteiger partial charge in [0.2, 0.25) is 5.91 Å². The minimum Gasteiger partial charge on any atom is -0.478 e. The van der Waals surface area contributed by atoms with Gasteiger partial charge in [0.05, 0.1) is 5.56 Å². The summed E-state index contributed by atoms with van der Waals surface area (Å²) in [6.07, 6.45) is 0.310. The molecule has 2 aromatic rings. The van der Waals surface area contributed by atoms with Crippen molar-refractivity contribution in [3.63, 3.8) is 0 Å². The Labute approximate surface area is 158 Å². The van der Waals surface area contributed by atoms with Crippen molar-refractivity contribution in [2.24, 2.45) is 5.92 Å². The molecule has 142 valence electrons. The summed E-state index contributed by atoms with van der Waals surface area (Å²) in [5.74, 6) is -1.55. The lowest BCUT2D eigenvalue weighted by molar-refractivity contribution is -0.127. The maximum Gasteiger partial charge on any atom is 0.336 e. The van der Waals surface area contributed by atoms with Crippen LogP contribution in [-0.2, 0) is 9.59 Å². The van der Waals surface area contributed by atoms with E-state index >= 15 is 0 Å². The van der Waals surface area contributed by atoms with Gasteiger partial charge in [0.15, 0.2) is 0 Å². The first-order chi connectivity index (χ1) is 12.8. The summed E-state index contributed by atoms with van der Waals surface area (Å²) in [5, 5.41) is 14.7. The summed E-state index contributed by atoms with van der Waals surface area (Å²) in [6.45, 7) is 5.54. The molecule has 0 radical (unpaired) electrons. The fourth-order valence-electron chi connectivity index (χ4n) is 2.68. The smallest absolute Gasteiger partial charge is 0.336 e. The number of carbonyl (C=O) groups is 3. The van der Waals surface area contributed by atoms with E-state index in [4.69, 9.17) is 0 Å². The molecule has 2 aromatic carbocycles. The van der Waals surface area contributed by atoms with Crippen LogP contribution in [0.4, 0.5) is 5.69 Å². The summed E-state index contributed by atoms with van der Waals surface area (Å²) in [6, 6.07) is 12.7. The number of carboxylic acids is 1. The van der Waals surface area contributed by atoms with E-state index in [-0.39, 0.29) is 17.4 Å². The largest absolute Gasteiger partial charge is 0.478 e. The number of rotatable bonds is 7. The second-order valence-electron chi connectivity index (χ2n) is 6.83. The van der Waals surface area contributed by atoms with Crippen LogP contribution < -0.4 is 10.6 Å². The van der Waals surface area contributed by atoms with Crippen molar-refractivity contribution in [2.75, 3.05) is 5.32 Å². The van der Waals surface area contributed by atoms with Gasteiger partial charge in [-0.3, -0.25) is 9.59 Å². The predicted octanol–water partition coefficient (Wildman–Crippen LogP) is 3.54. The zero-order valence-electron chi connectivity index (χ0n) is 15.7. The summed E-state index contributed by atoms with van der Waals surface area (Å²) < 4.78 is 0. The van der Waals surface area contributed by atoms with E-state index in [1.165, 1.54) is 6.07 Å². The van der Waals surface area contributed by atoms with E-state index in [0.717, 1.165) is 0 Å². The Morgan fingerprint density at radius 2 is 1.70 bits per heavy atom. The van der Waals surface area contributed by atoms with Crippen LogP contribution >= 0.6 is 0 Å². The lowest BCUT2D eigenvalue weighted by Crippen LogP contribution is -2.37. The quantitative estimate of drug-likeness (QED) is 0.696. The minimum absolute atomic E-state index is 0.118. The highest BCUT2D eigenvalue weighted by Crippen LogP contribution is 2.19. The molecule has 2 rings (SSSR count). The van der Waals surface area contributed by atoms with Gasteiger partial charge in [-0.05, 0) is 36.1 Å². The van der Waals surface area contributed by atoms with Crippen LogP contribution in [0.1, 0.15) is 47.8 Å². The molecule has 6 nitrogen and oxygen atoms in total. The van der Waals surface area contributed by atoms with Crippen molar-refractivity contribution in [2.45, 2.75) is 33.2 Å². The maximum absolute atomic E-state index is 12.8. The number of aryl methyl sites for hydroxylation is 1. The summed E-state index contributed by atoms with van der Waals surface area (Å²) in [7, 11) is 0. The number of nitrogens with one attached hydrogen (secondary N) is 2. The molecule has 0 aromatic heterocycles. The Balaban J connectivity index is 2.25. The highest BCUT2D eigenvalue weighted by molar-refractivity contribution is 5.99. The third-order valence-electron chi connectivity index (χ3n) is 4.03. The number of benzene rings is 2. The molecule has 0 aliphatic carbocycles. The number of carbonyl (C=O) groups excluding carboxylic acids is 2. The van der Waals surface area contributed by atoms with Gasteiger partial charge in [0.25, 0.3) is 5.91 Å². The van der Waals surface area contributed by atoms with Crippen molar-refractivity contribution in [1.82, 2.24) is 5.32 Å². The number of carboxylic acid groups (broad SMARTS) is 1. The normalized spacial score (nSPS) is 11.7. The molecule has 1 unspecified atom stereocenters. The molecule has 0 aliphatic heterocycles. The third-order valence-corrected chi connectivity index (χ3v) is 4.03. The first kappa shape index (κ1) is 20.2. The molecule has 0 heterocycles. The number of hydrogen-bond acceptors (Lipinski definition) is 3. The Bertz CT molecular complexity index is 831. The Kier molecular flexibility index (Phi) is 6.71. The zero-order valence-corrected chi connectivity index (χ0v) is 15.7. The van der Waals surface area contributed by atoms with E-state index in [2.05, 4.69) is 10.6 Å². The van der Waals surface area contributed by atoms with Crippen molar-refractivity contribution in [3.8, 4) is 0 Å². The standard InChI is InChI=1S/C21H24N2O4/c1-13(2)11-18(24)23-19(15-7-5-4-6-8-15)20(25)22-16-10-9-14(3)17(12-16)21(26)27/h4-10,12-13,19H,11H2,1-3H3,(H,22,25)(H,23,24)(H,26,27). The Hall–Kier alpha value is -3.15. The lowest BCUT2D eigenvalue weighted by atomic mass is 10.0. The number of aromatic carboxylic acids is 1. The molecule has 27 heavy (non-hydrogen) atoms. The first-order valence-corrected chi connectivity index (χ1v) is 8.77. The second kappa shape index (κ2) is 8.98. The fourth-order valence-corrected chi connectivity index (χ4v) is 2.68. The third kappa shape index (κ3) is 5.67. The summed E-state index contributed by atoms with van der Waals surface area (Å²) in [4.78, 5) is 36.3.